The summed E-state index contributed by atoms with van der Waals surface area (Å²) in [6.07, 6.45) is -0.141. The number of amides is 2. The molecule has 2 aliphatic heterocycles. The number of nitrogens with one attached hydrogen (secondary N) is 1. The number of thioether (sulfide) groups is 1. The zero-order chi connectivity index (χ0) is 23.4. The third-order valence-electron chi connectivity index (χ3n) is 4.95. The van der Waals surface area contributed by atoms with Crippen LogP contribution in [0.3, 0.4) is 0 Å². The van der Waals surface area contributed by atoms with Gasteiger partial charge in [-0.25, -0.2) is 14.3 Å². The largest absolute Gasteiger partial charge is 0.465 e. The van der Waals surface area contributed by atoms with Crippen LogP contribution >= 0.6 is 11.8 Å². The number of ether oxygens (including phenoxy) is 1. The molecule has 0 saturated carbocycles. The summed E-state index contributed by atoms with van der Waals surface area (Å²) in [5.74, 6) is -1.10. The lowest BCUT2D eigenvalue weighted by Crippen LogP contribution is -2.42. The minimum Gasteiger partial charge on any atom is -0.465 e. The lowest BCUT2D eigenvalue weighted by molar-refractivity contribution is -0.139. The van der Waals surface area contributed by atoms with Crippen LogP contribution in [0.5, 0.6) is 0 Å². The molecule has 2 aliphatic rings. The Bertz CT molecular complexity index is 1150. The van der Waals surface area contributed by atoms with Gasteiger partial charge in [0.05, 0.1) is 24.5 Å². The van der Waals surface area contributed by atoms with Crippen molar-refractivity contribution < 1.29 is 23.5 Å². The summed E-state index contributed by atoms with van der Waals surface area (Å²) in [6.45, 7) is 2.20. The first-order chi connectivity index (χ1) is 16.0. The molecule has 2 aromatic rings. The average molecular weight is 469 g/mol. The molecule has 2 heterocycles. The number of fused-ring (bicyclic) bond motifs is 3. The van der Waals surface area contributed by atoms with Crippen molar-refractivity contribution in [1.29, 1.82) is 0 Å². The number of nitrogens with zero attached hydrogens (tertiary/aromatic N) is 3. The molecule has 0 fully saturated rings. The summed E-state index contributed by atoms with van der Waals surface area (Å²) in [4.78, 5) is 47.9. The van der Waals surface area contributed by atoms with Gasteiger partial charge in [0, 0.05) is 12.1 Å². The number of benzene rings is 2. The summed E-state index contributed by atoms with van der Waals surface area (Å²) in [6, 6.07) is 12.1. The molecule has 0 bridgehead atoms. The van der Waals surface area contributed by atoms with Gasteiger partial charge in [-0.3, -0.25) is 19.4 Å². The predicted octanol–water partition coefficient (Wildman–Crippen LogP) is 2.79. The molecule has 10 heteroatoms. The molecule has 0 spiro atoms. The lowest BCUT2D eigenvalue weighted by atomic mass is 10.1. The second kappa shape index (κ2) is 9.95. The highest BCUT2D eigenvalue weighted by Gasteiger charge is 2.42. The van der Waals surface area contributed by atoms with E-state index in [0.29, 0.717) is 22.3 Å². The SMILES string of the molecule is CCOC(=O)CSC1=Nc2ccccc2C2=NC(CC(=O)NCc3ccc(F)cc3)C(=O)N12. The van der Waals surface area contributed by atoms with Crippen molar-refractivity contribution in [3.05, 3.63) is 65.5 Å². The maximum absolute atomic E-state index is 13.2. The van der Waals surface area contributed by atoms with E-state index < -0.39 is 12.0 Å². The number of amidine groups is 2. The first-order valence-electron chi connectivity index (χ1n) is 10.4. The minimum absolute atomic E-state index is 0.00524. The van der Waals surface area contributed by atoms with Crippen LogP contribution in [0.4, 0.5) is 10.1 Å². The van der Waals surface area contributed by atoms with Gasteiger partial charge in [-0.1, -0.05) is 36.0 Å². The molecule has 33 heavy (non-hydrogen) atoms. The van der Waals surface area contributed by atoms with Crippen LogP contribution in [0, 0.1) is 5.82 Å². The number of halogens is 1. The maximum Gasteiger partial charge on any atom is 0.316 e. The maximum atomic E-state index is 13.2. The normalized spacial score (nSPS) is 16.5. The van der Waals surface area contributed by atoms with E-state index in [2.05, 4.69) is 15.3 Å². The number of rotatable bonds is 7. The van der Waals surface area contributed by atoms with Crippen LogP contribution in [0.1, 0.15) is 24.5 Å². The highest BCUT2D eigenvalue weighted by atomic mass is 32.2. The Balaban J connectivity index is 1.48. The summed E-state index contributed by atoms with van der Waals surface area (Å²) >= 11 is 1.09. The molecule has 0 radical (unpaired) electrons. The molecule has 0 aromatic heterocycles. The number of aliphatic imine (C=N–C) groups is 2. The fourth-order valence-corrected chi connectivity index (χ4v) is 4.21. The highest BCUT2D eigenvalue weighted by Crippen LogP contribution is 2.34. The standard InChI is InChI=1S/C23H21FN4O4S/c1-2-32-20(30)13-33-23-27-17-6-4-3-5-16(17)21-26-18(22(31)28(21)23)11-19(29)25-12-14-7-9-15(24)10-8-14/h3-10,18H,2,11-13H2,1H3,(H,25,29). The van der Waals surface area contributed by atoms with Crippen molar-refractivity contribution >= 4 is 46.2 Å². The van der Waals surface area contributed by atoms with Gasteiger partial charge < -0.3 is 10.1 Å². The van der Waals surface area contributed by atoms with E-state index in [0.717, 1.165) is 17.3 Å². The van der Waals surface area contributed by atoms with Crippen LogP contribution < -0.4 is 5.32 Å². The van der Waals surface area contributed by atoms with Gasteiger partial charge in [-0.2, -0.15) is 0 Å². The van der Waals surface area contributed by atoms with Gasteiger partial charge in [0.25, 0.3) is 5.91 Å². The van der Waals surface area contributed by atoms with E-state index in [4.69, 9.17) is 4.74 Å². The monoisotopic (exact) mass is 468 g/mol. The molecule has 2 amide bonds. The van der Waals surface area contributed by atoms with Crippen LogP contribution in [-0.2, 0) is 25.7 Å². The number of hydrogen-bond donors (Lipinski definition) is 1. The fourth-order valence-electron chi connectivity index (χ4n) is 3.41. The van der Waals surface area contributed by atoms with E-state index in [1.165, 1.54) is 17.0 Å². The van der Waals surface area contributed by atoms with Crippen molar-refractivity contribution in [2.24, 2.45) is 9.98 Å². The number of esters is 1. The topological polar surface area (TPSA) is 100 Å². The summed E-state index contributed by atoms with van der Waals surface area (Å²) in [5.41, 5.74) is 2.05. The molecule has 170 valence electrons. The van der Waals surface area contributed by atoms with Crippen LogP contribution in [0.25, 0.3) is 0 Å². The van der Waals surface area contributed by atoms with Crippen molar-refractivity contribution in [3.63, 3.8) is 0 Å². The van der Waals surface area contributed by atoms with Gasteiger partial charge in [0.2, 0.25) is 5.91 Å². The van der Waals surface area contributed by atoms with Gasteiger partial charge in [0.1, 0.15) is 17.7 Å². The van der Waals surface area contributed by atoms with Crippen LogP contribution in [0.2, 0.25) is 0 Å². The van der Waals surface area contributed by atoms with Crippen molar-refractivity contribution in [1.82, 2.24) is 10.2 Å². The Morgan fingerprint density at radius 3 is 2.70 bits per heavy atom. The summed E-state index contributed by atoms with van der Waals surface area (Å²) in [5, 5.41) is 3.05. The molecular weight excluding hydrogens is 447 g/mol. The molecule has 8 nitrogen and oxygen atoms in total. The molecule has 1 unspecified atom stereocenters. The lowest BCUT2D eigenvalue weighted by Gasteiger charge is -2.25. The first-order valence-corrected chi connectivity index (χ1v) is 11.3. The van der Waals surface area contributed by atoms with Crippen molar-refractivity contribution in [2.75, 3.05) is 12.4 Å². The average Bonchev–Trinajstić information content (AvgIpc) is 3.13. The summed E-state index contributed by atoms with van der Waals surface area (Å²) < 4.78 is 18.0. The molecule has 0 saturated heterocycles. The summed E-state index contributed by atoms with van der Waals surface area (Å²) in [7, 11) is 0. The van der Waals surface area contributed by atoms with Gasteiger partial charge in [0.15, 0.2) is 5.17 Å². The second-order valence-corrected chi connectivity index (χ2v) is 8.20. The zero-order valence-corrected chi connectivity index (χ0v) is 18.6. The van der Waals surface area contributed by atoms with E-state index >= 15 is 0 Å². The zero-order valence-electron chi connectivity index (χ0n) is 17.8. The Morgan fingerprint density at radius 2 is 1.94 bits per heavy atom. The molecular formula is C23H21FN4O4S. The van der Waals surface area contributed by atoms with E-state index in [1.807, 2.05) is 18.2 Å². The Hall–Kier alpha value is -3.53. The molecule has 0 aliphatic carbocycles. The Labute approximate surface area is 193 Å². The van der Waals surface area contributed by atoms with E-state index in [1.54, 1.807) is 25.1 Å². The predicted molar refractivity (Wildman–Crippen MR) is 123 cm³/mol. The van der Waals surface area contributed by atoms with Gasteiger partial charge in [-0.15, -0.1) is 0 Å². The second-order valence-electron chi connectivity index (χ2n) is 7.25. The highest BCUT2D eigenvalue weighted by molar-refractivity contribution is 8.14. The van der Waals surface area contributed by atoms with Gasteiger partial charge >= 0.3 is 5.97 Å². The molecule has 1 atom stereocenters. The third kappa shape index (κ3) is 5.11. The number of hydrogen-bond acceptors (Lipinski definition) is 7. The van der Waals surface area contributed by atoms with Crippen LogP contribution in [-0.4, -0.2) is 52.1 Å². The minimum atomic E-state index is -0.909. The van der Waals surface area contributed by atoms with E-state index in [-0.39, 0.29) is 43.0 Å². The van der Waals surface area contributed by atoms with Crippen molar-refractivity contribution in [2.45, 2.75) is 25.9 Å². The first kappa shape index (κ1) is 22.7. The number of para-hydroxylation sites is 1. The molecule has 4 rings (SSSR count). The molecule has 1 N–H and O–H groups in total. The fraction of sp³-hybridized carbons (Fsp3) is 0.261. The number of carbonyl (C=O) groups excluding carboxylic acids is 3. The van der Waals surface area contributed by atoms with Crippen molar-refractivity contribution in [3.8, 4) is 0 Å². The number of carbonyl (C=O) groups is 3. The quantitative estimate of drug-likeness (QED) is 0.630. The molecule has 2 aromatic carbocycles. The van der Waals surface area contributed by atoms with Gasteiger partial charge in [-0.05, 0) is 36.8 Å². The van der Waals surface area contributed by atoms with E-state index in [9.17, 15) is 18.8 Å². The third-order valence-corrected chi connectivity index (χ3v) is 5.87. The Morgan fingerprint density at radius 1 is 1.18 bits per heavy atom. The smallest absolute Gasteiger partial charge is 0.316 e. The van der Waals surface area contributed by atoms with Crippen LogP contribution in [0.15, 0.2) is 58.5 Å². The Kier molecular flexibility index (Phi) is 6.83.